The molecule has 104 valence electrons. The Labute approximate surface area is 112 Å². The summed E-state index contributed by atoms with van der Waals surface area (Å²) in [4.78, 5) is 7.85. The summed E-state index contributed by atoms with van der Waals surface area (Å²) in [5, 5.41) is 0. The Bertz CT molecular complexity index is 273. The van der Waals surface area contributed by atoms with Gasteiger partial charge in [-0.1, -0.05) is 0 Å². The molecule has 3 aliphatic heterocycles. The van der Waals surface area contributed by atoms with Gasteiger partial charge < -0.3 is 14.7 Å². The second-order valence-electron chi connectivity index (χ2n) is 6.89. The van der Waals surface area contributed by atoms with Crippen LogP contribution in [0.15, 0.2) is 0 Å². The Morgan fingerprint density at radius 1 is 0.889 bits per heavy atom. The molecule has 18 heavy (non-hydrogen) atoms. The van der Waals surface area contributed by atoms with Crippen LogP contribution in [0.25, 0.3) is 0 Å². The molecule has 0 aromatic rings. The molecular formula is C15H29N3. The van der Waals surface area contributed by atoms with Crippen LogP contribution in [0.4, 0.5) is 0 Å². The predicted molar refractivity (Wildman–Crippen MR) is 75.8 cm³/mol. The van der Waals surface area contributed by atoms with Crippen molar-refractivity contribution in [2.24, 2.45) is 11.8 Å². The molecule has 3 saturated heterocycles. The molecule has 2 unspecified atom stereocenters. The van der Waals surface area contributed by atoms with Crippen molar-refractivity contribution in [3.8, 4) is 0 Å². The van der Waals surface area contributed by atoms with E-state index in [1.807, 2.05) is 0 Å². The normalized spacial score (nSPS) is 37.0. The van der Waals surface area contributed by atoms with Gasteiger partial charge in [0.15, 0.2) is 0 Å². The van der Waals surface area contributed by atoms with Gasteiger partial charge in [0.2, 0.25) is 0 Å². The standard InChI is InChI=1S/C15H29N3/c1-16-7-3-13(4-8-16)11-18-10-6-15-14(12-18)5-9-17(15)2/h13-15H,3-12H2,1-2H3. The third-order valence-corrected chi connectivity index (χ3v) is 5.55. The molecule has 3 fully saturated rings. The van der Waals surface area contributed by atoms with Crippen LogP contribution < -0.4 is 0 Å². The molecule has 2 atom stereocenters. The molecule has 0 spiro atoms. The van der Waals surface area contributed by atoms with Crippen molar-refractivity contribution >= 4 is 0 Å². The monoisotopic (exact) mass is 251 g/mol. The Morgan fingerprint density at radius 2 is 1.67 bits per heavy atom. The maximum atomic E-state index is 2.77. The summed E-state index contributed by atoms with van der Waals surface area (Å²) in [5.41, 5.74) is 0. The third kappa shape index (κ3) is 2.73. The summed E-state index contributed by atoms with van der Waals surface area (Å²) >= 11 is 0. The van der Waals surface area contributed by atoms with E-state index in [4.69, 9.17) is 0 Å². The van der Waals surface area contributed by atoms with Crippen molar-refractivity contribution in [3.05, 3.63) is 0 Å². The topological polar surface area (TPSA) is 9.72 Å². The molecule has 0 bridgehead atoms. The number of hydrogen-bond donors (Lipinski definition) is 0. The van der Waals surface area contributed by atoms with E-state index in [1.165, 1.54) is 65.0 Å². The van der Waals surface area contributed by atoms with Crippen LogP contribution in [0, 0.1) is 11.8 Å². The Kier molecular flexibility index (Phi) is 3.92. The highest BCUT2D eigenvalue weighted by molar-refractivity contribution is 4.91. The molecule has 3 rings (SSSR count). The van der Waals surface area contributed by atoms with Gasteiger partial charge in [0.25, 0.3) is 0 Å². The predicted octanol–water partition coefficient (Wildman–Crippen LogP) is 1.35. The molecule has 3 nitrogen and oxygen atoms in total. The van der Waals surface area contributed by atoms with Gasteiger partial charge in [-0.25, -0.2) is 0 Å². The van der Waals surface area contributed by atoms with Crippen molar-refractivity contribution < 1.29 is 0 Å². The number of piperidine rings is 2. The molecule has 0 N–H and O–H groups in total. The van der Waals surface area contributed by atoms with Gasteiger partial charge in [-0.3, -0.25) is 0 Å². The summed E-state index contributed by atoms with van der Waals surface area (Å²) in [7, 11) is 4.58. The molecule has 0 aliphatic carbocycles. The van der Waals surface area contributed by atoms with E-state index in [1.54, 1.807) is 0 Å². The third-order valence-electron chi connectivity index (χ3n) is 5.55. The lowest BCUT2D eigenvalue weighted by Crippen LogP contribution is -2.47. The summed E-state index contributed by atoms with van der Waals surface area (Å²) in [6.45, 7) is 8.05. The maximum Gasteiger partial charge on any atom is 0.0145 e. The lowest BCUT2D eigenvalue weighted by molar-refractivity contribution is 0.0933. The van der Waals surface area contributed by atoms with Crippen LogP contribution in [0.5, 0.6) is 0 Å². The first-order chi connectivity index (χ1) is 8.72. The fraction of sp³-hybridized carbons (Fsp3) is 1.00. The maximum absolute atomic E-state index is 2.77. The highest BCUT2D eigenvalue weighted by atomic mass is 15.2. The molecular weight excluding hydrogens is 222 g/mol. The number of hydrogen-bond acceptors (Lipinski definition) is 3. The lowest BCUT2D eigenvalue weighted by Gasteiger charge is -2.40. The molecule has 0 amide bonds. The van der Waals surface area contributed by atoms with Gasteiger partial charge >= 0.3 is 0 Å². The van der Waals surface area contributed by atoms with Crippen molar-refractivity contribution in [2.75, 3.05) is 53.4 Å². The second kappa shape index (κ2) is 5.48. The molecule has 0 aromatic heterocycles. The van der Waals surface area contributed by atoms with Gasteiger partial charge in [-0.2, -0.15) is 0 Å². The zero-order valence-electron chi connectivity index (χ0n) is 12.1. The van der Waals surface area contributed by atoms with E-state index in [0.29, 0.717) is 0 Å². The van der Waals surface area contributed by atoms with Gasteiger partial charge in [0.05, 0.1) is 0 Å². The van der Waals surface area contributed by atoms with Gasteiger partial charge in [0, 0.05) is 19.1 Å². The van der Waals surface area contributed by atoms with E-state index < -0.39 is 0 Å². The van der Waals surface area contributed by atoms with E-state index in [2.05, 4.69) is 28.8 Å². The fourth-order valence-corrected chi connectivity index (χ4v) is 4.27. The van der Waals surface area contributed by atoms with Crippen molar-refractivity contribution in [1.29, 1.82) is 0 Å². The molecule has 3 heteroatoms. The Morgan fingerprint density at radius 3 is 2.44 bits per heavy atom. The highest BCUT2D eigenvalue weighted by Crippen LogP contribution is 2.31. The molecule has 3 heterocycles. The van der Waals surface area contributed by atoms with E-state index in [9.17, 15) is 0 Å². The van der Waals surface area contributed by atoms with E-state index in [-0.39, 0.29) is 0 Å². The number of nitrogens with zero attached hydrogens (tertiary/aromatic N) is 3. The van der Waals surface area contributed by atoms with Crippen LogP contribution in [0.3, 0.4) is 0 Å². The lowest BCUT2D eigenvalue weighted by atomic mass is 9.90. The minimum Gasteiger partial charge on any atom is -0.306 e. The molecule has 3 aliphatic rings. The summed E-state index contributed by atoms with van der Waals surface area (Å²) in [6, 6.07) is 0.902. The molecule has 0 aromatic carbocycles. The van der Waals surface area contributed by atoms with Crippen molar-refractivity contribution in [3.63, 3.8) is 0 Å². The minimum atomic E-state index is 0.902. The van der Waals surface area contributed by atoms with Crippen LogP contribution in [-0.2, 0) is 0 Å². The van der Waals surface area contributed by atoms with Crippen LogP contribution in [-0.4, -0.2) is 74.1 Å². The van der Waals surface area contributed by atoms with Crippen LogP contribution in [0.2, 0.25) is 0 Å². The first kappa shape index (κ1) is 12.9. The quantitative estimate of drug-likeness (QED) is 0.733. The first-order valence-electron chi connectivity index (χ1n) is 7.83. The van der Waals surface area contributed by atoms with Gasteiger partial charge in [-0.05, 0) is 77.8 Å². The number of likely N-dealkylation sites (tertiary alicyclic amines) is 3. The highest BCUT2D eigenvalue weighted by Gasteiger charge is 2.36. The number of rotatable bonds is 2. The van der Waals surface area contributed by atoms with Crippen LogP contribution >= 0.6 is 0 Å². The van der Waals surface area contributed by atoms with Crippen molar-refractivity contribution in [1.82, 2.24) is 14.7 Å². The summed E-state index contributed by atoms with van der Waals surface area (Å²) in [6.07, 6.45) is 5.68. The van der Waals surface area contributed by atoms with Crippen LogP contribution in [0.1, 0.15) is 25.7 Å². The smallest absolute Gasteiger partial charge is 0.0145 e. The fourth-order valence-electron chi connectivity index (χ4n) is 4.27. The average molecular weight is 251 g/mol. The number of fused-ring (bicyclic) bond motifs is 1. The molecule has 0 saturated carbocycles. The second-order valence-corrected chi connectivity index (χ2v) is 6.89. The van der Waals surface area contributed by atoms with Gasteiger partial charge in [0.1, 0.15) is 0 Å². The Hall–Kier alpha value is -0.120. The van der Waals surface area contributed by atoms with E-state index >= 15 is 0 Å². The molecule has 0 radical (unpaired) electrons. The SMILES string of the molecule is CN1CCC(CN2CCC3C(CCN3C)C2)CC1. The van der Waals surface area contributed by atoms with Crippen molar-refractivity contribution in [2.45, 2.75) is 31.7 Å². The summed E-state index contributed by atoms with van der Waals surface area (Å²) < 4.78 is 0. The average Bonchev–Trinajstić information content (AvgIpc) is 2.74. The first-order valence-corrected chi connectivity index (χ1v) is 7.83. The van der Waals surface area contributed by atoms with Gasteiger partial charge in [-0.15, -0.1) is 0 Å². The zero-order chi connectivity index (χ0) is 12.5. The summed E-state index contributed by atoms with van der Waals surface area (Å²) in [5.74, 6) is 1.94. The zero-order valence-corrected chi connectivity index (χ0v) is 12.1. The Balaban J connectivity index is 1.47. The largest absolute Gasteiger partial charge is 0.306 e. The minimum absolute atomic E-state index is 0.902. The van der Waals surface area contributed by atoms with E-state index in [0.717, 1.165) is 17.9 Å².